The van der Waals surface area contributed by atoms with Gasteiger partial charge in [0.25, 0.3) is 5.92 Å². The number of alkyl halides is 5. The van der Waals surface area contributed by atoms with Gasteiger partial charge in [-0.1, -0.05) is 11.3 Å². The van der Waals surface area contributed by atoms with Crippen LogP contribution in [0.4, 0.5) is 32.3 Å². The van der Waals surface area contributed by atoms with Crippen LogP contribution in [0.1, 0.15) is 0 Å². The number of likely N-dealkylation sites (tertiary alicyclic amines) is 1. The normalized spacial score (nSPS) is 20.3. The van der Waals surface area contributed by atoms with Gasteiger partial charge in [0.15, 0.2) is 5.82 Å². The third-order valence-electron chi connectivity index (χ3n) is 6.66. The third kappa shape index (κ3) is 4.26. The van der Waals surface area contributed by atoms with Crippen molar-refractivity contribution >= 4 is 22.5 Å². The monoisotopic (exact) mass is 542 g/mol. The van der Waals surface area contributed by atoms with Crippen LogP contribution in [0.2, 0.25) is 0 Å². The Hall–Kier alpha value is -3.66. The van der Waals surface area contributed by atoms with E-state index in [1.165, 1.54) is 25.3 Å². The lowest BCUT2D eigenvalue weighted by atomic mass is 10.1. The predicted octanol–water partition coefficient (Wildman–Crippen LogP) is 2.98. The second-order valence-electron chi connectivity index (χ2n) is 9.23. The molecule has 0 spiro atoms. The fraction of sp³-hybridized carbons (Fsp3) is 0.455. The van der Waals surface area contributed by atoms with Gasteiger partial charge in [-0.25, -0.2) is 22.4 Å². The van der Waals surface area contributed by atoms with Crippen LogP contribution in [0.15, 0.2) is 24.4 Å². The van der Waals surface area contributed by atoms with E-state index in [0.717, 1.165) is 10.7 Å². The number of rotatable bonds is 6. The van der Waals surface area contributed by atoms with Crippen molar-refractivity contribution < 1.29 is 35.8 Å². The quantitative estimate of drug-likeness (QED) is 0.372. The maximum atomic E-state index is 15.2. The van der Waals surface area contributed by atoms with E-state index in [4.69, 9.17) is 9.47 Å². The first-order valence-corrected chi connectivity index (χ1v) is 11.5. The van der Waals surface area contributed by atoms with E-state index in [9.17, 15) is 22.0 Å². The summed E-state index contributed by atoms with van der Waals surface area (Å²) < 4.78 is 95.7. The summed E-state index contributed by atoms with van der Waals surface area (Å²) in [6, 6.07) is 2.83. The lowest BCUT2D eigenvalue weighted by molar-refractivity contribution is -0.142. The molecule has 2 fully saturated rings. The third-order valence-corrected chi connectivity index (χ3v) is 6.66. The summed E-state index contributed by atoms with van der Waals surface area (Å²) in [5, 5.41) is 14.1. The van der Waals surface area contributed by atoms with Gasteiger partial charge in [0.1, 0.15) is 23.6 Å². The van der Waals surface area contributed by atoms with E-state index in [1.807, 2.05) is 0 Å². The first-order chi connectivity index (χ1) is 18.0. The molecule has 0 saturated carbocycles. The average Bonchev–Trinajstić information content (AvgIpc) is 3.43. The van der Waals surface area contributed by atoms with Crippen molar-refractivity contribution in [3.8, 4) is 17.0 Å². The summed E-state index contributed by atoms with van der Waals surface area (Å²) in [5.41, 5.74) is 0.457. The zero-order chi connectivity index (χ0) is 26.8. The molecule has 2 saturated heterocycles. The Balaban J connectivity index is 1.36. The number of nitrogens with one attached hydrogen (secondary N) is 1. The highest BCUT2D eigenvalue weighted by Gasteiger charge is 2.51. The summed E-state index contributed by atoms with van der Waals surface area (Å²) in [7, 11) is 1.27. The Kier molecular flexibility index (Phi) is 5.64. The maximum absolute atomic E-state index is 15.2. The molecule has 6 rings (SSSR count). The summed E-state index contributed by atoms with van der Waals surface area (Å²) in [5.74, 6) is -4.16. The zero-order valence-electron chi connectivity index (χ0n) is 19.7. The van der Waals surface area contributed by atoms with Gasteiger partial charge in [-0.15, -0.1) is 10.2 Å². The summed E-state index contributed by atoms with van der Waals surface area (Å²) in [6.07, 6.45) is -3.52. The Bertz CT molecular complexity index is 1520. The fourth-order valence-electron chi connectivity index (χ4n) is 4.74. The molecule has 1 aromatic carbocycles. The van der Waals surface area contributed by atoms with Gasteiger partial charge in [0.05, 0.1) is 50.2 Å². The van der Waals surface area contributed by atoms with Gasteiger partial charge in [0.2, 0.25) is 11.8 Å². The van der Waals surface area contributed by atoms with Crippen LogP contribution in [0.25, 0.3) is 27.7 Å². The molecule has 0 aliphatic carbocycles. The van der Waals surface area contributed by atoms with Crippen molar-refractivity contribution in [2.45, 2.75) is 30.7 Å². The van der Waals surface area contributed by atoms with E-state index in [2.05, 4.69) is 25.7 Å². The number of halogens is 6. The van der Waals surface area contributed by atoms with E-state index in [1.54, 1.807) is 4.90 Å². The Morgan fingerprint density at radius 3 is 2.71 bits per heavy atom. The molecule has 0 unspecified atom stereocenters. The molecule has 4 aromatic rings. The molecule has 0 amide bonds. The lowest BCUT2D eigenvalue weighted by Crippen LogP contribution is -2.48. The minimum Gasteiger partial charge on any atom is -0.479 e. The molecule has 202 valence electrons. The van der Waals surface area contributed by atoms with E-state index in [-0.39, 0.29) is 52.1 Å². The lowest BCUT2D eigenvalue weighted by Gasteiger charge is -2.34. The summed E-state index contributed by atoms with van der Waals surface area (Å²) in [6.45, 7) is -0.991. The molecule has 38 heavy (non-hydrogen) atoms. The topological polar surface area (TPSA) is 94.6 Å². The molecule has 1 atom stereocenters. The predicted molar refractivity (Wildman–Crippen MR) is 121 cm³/mol. The molecule has 2 aliphatic heterocycles. The van der Waals surface area contributed by atoms with Gasteiger partial charge in [-0.2, -0.15) is 18.2 Å². The van der Waals surface area contributed by atoms with Crippen LogP contribution in [-0.2, 0) is 11.3 Å². The van der Waals surface area contributed by atoms with Gasteiger partial charge >= 0.3 is 6.18 Å². The maximum Gasteiger partial charge on any atom is 0.408 e. The number of methoxy groups -OCH3 is 1. The van der Waals surface area contributed by atoms with E-state index >= 15 is 4.39 Å². The first kappa shape index (κ1) is 24.7. The highest BCUT2D eigenvalue weighted by atomic mass is 19.4. The highest BCUT2D eigenvalue weighted by molar-refractivity contribution is 5.89. The summed E-state index contributed by atoms with van der Waals surface area (Å²) >= 11 is 0. The van der Waals surface area contributed by atoms with Gasteiger partial charge in [0, 0.05) is 6.54 Å². The number of hydrogen-bond donors (Lipinski definition) is 1. The molecular formula is C22H20F6N8O2. The Labute approximate surface area is 210 Å². The molecular weight excluding hydrogens is 522 g/mol. The Morgan fingerprint density at radius 2 is 2.03 bits per heavy atom. The van der Waals surface area contributed by atoms with Crippen LogP contribution in [-0.4, -0.2) is 92.1 Å². The number of anilines is 1. The molecule has 2 aliphatic rings. The Morgan fingerprint density at radius 1 is 1.24 bits per heavy atom. The minimum absolute atomic E-state index is 0.0374. The largest absolute Gasteiger partial charge is 0.479 e. The van der Waals surface area contributed by atoms with Crippen LogP contribution >= 0.6 is 0 Å². The van der Waals surface area contributed by atoms with Crippen molar-refractivity contribution in [2.75, 3.05) is 38.7 Å². The fourth-order valence-corrected chi connectivity index (χ4v) is 4.74. The number of benzene rings is 1. The van der Waals surface area contributed by atoms with Crippen molar-refractivity contribution in [1.82, 2.24) is 34.5 Å². The van der Waals surface area contributed by atoms with Crippen molar-refractivity contribution in [3.63, 3.8) is 0 Å². The molecule has 1 N–H and O–H groups in total. The second kappa shape index (κ2) is 8.69. The zero-order valence-corrected chi connectivity index (χ0v) is 19.7. The average molecular weight is 542 g/mol. The number of aromatic nitrogens is 6. The summed E-state index contributed by atoms with van der Waals surface area (Å²) in [4.78, 5) is 5.82. The van der Waals surface area contributed by atoms with Crippen LogP contribution in [0, 0.1) is 5.82 Å². The van der Waals surface area contributed by atoms with Gasteiger partial charge in [-0.05, 0) is 17.7 Å². The molecule has 0 radical (unpaired) electrons. The van der Waals surface area contributed by atoms with Crippen LogP contribution in [0.5, 0.6) is 5.88 Å². The molecule has 0 bridgehead atoms. The smallest absolute Gasteiger partial charge is 0.408 e. The molecule has 16 heteroatoms. The van der Waals surface area contributed by atoms with E-state index in [0.29, 0.717) is 17.9 Å². The molecule has 3 aromatic heterocycles. The number of hydrogen-bond acceptors (Lipinski definition) is 8. The number of fused-ring (bicyclic) bond motifs is 2. The van der Waals surface area contributed by atoms with Crippen LogP contribution < -0.4 is 10.1 Å². The van der Waals surface area contributed by atoms with Crippen molar-refractivity contribution in [2.24, 2.45) is 0 Å². The SMILES string of the molecule is COc1nc(N[C@@H]2CN(C3COC3)CC2(F)F)nn2cc(F)c(-c3ccc4nnn(CC(F)(F)F)c4c3)c12. The standard InChI is InChI=1S/C22H20F6N8O2/c1-37-19-18-17(11-2-3-14-15(4-11)36(33-31-14)10-22(26,27)28)13(23)5-35(18)32-20(30-19)29-16-6-34(9-21(16,24)25)12-7-38-8-12/h2-5,12,16H,6-10H2,1H3,(H,29,32)/t16-/m1/s1. The number of nitrogens with zero attached hydrogens (tertiary/aromatic N) is 7. The molecule has 10 nitrogen and oxygen atoms in total. The molecule has 5 heterocycles. The number of ether oxygens (including phenoxy) is 2. The highest BCUT2D eigenvalue weighted by Crippen LogP contribution is 2.37. The van der Waals surface area contributed by atoms with Crippen molar-refractivity contribution in [3.05, 3.63) is 30.2 Å². The van der Waals surface area contributed by atoms with Gasteiger partial charge < -0.3 is 14.8 Å². The van der Waals surface area contributed by atoms with Crippen LogP contribution in [0.3, 0.4) is 0 Å². The van der Waals surface area contributed by atoms with Crippen molar-refractivity contribution in [1.29, 1.82) is 0 Å². The van der Waals surface area contributed by atoms with Gasteiger partial charge in [-0.3, -0.25) is 4.90 Å². The first-order valence-electron chi connectivity index (χ1n) is 11.5. The van der Waals surface area contributed by atoms with E-state index < -0.39 is 37.0 Å². The minimum atomic E-state index is -4.54. The second-order valence-corrected chi connectivity index (χ2v) is 9.23.